The molecule has 0 fully saturated rings. The van der Waals surface area contributed by atoms with Gasteiger partial charge in [0.25, 0.3) is 0 Å². The molecule has 0 aromatic heterocycles. The second-order valence-corrected chi connectivity index (χ2v) is 5.66. The quantitative estimate of drug-likeness (QED) is 0.535. The summed E-state index contributed by atoms with van der Waals surface area (Å²) in [5, 5.41) is 18.9. The Labute approximate surface area is 118 Å². The van der Waals surface area contributed by atoms with Crippen LogP contribution in [0.1, 0.15) is 53.4 Å². The summed E-state index contributed by atoms with van der Waals surface area (Å²) >= 11 is 0. The van der Waals surface area contributed by atoms with Gasteiger partial charge in [-0.25, -0.2) is 0 Å². The fraction of sp³-hybridized carbons (Fsp3) is 1.00. The highest BCUT2D eigenvalue weighted by Crippen LogP contribution is 2.04. The molecule has 4 nitrogen and oxygen atoms in total. The Morgan fingerprint density at radius 3 is 1.95 bits per heavy atom. The Bertz CT molecular complexity index is 188. The van der Waals surface area contributed by atoms with Crippen molar-refractivity contribution in [3.05, 3.63) is 0 Å². The Morgan fingerprint density at radius 2 is 1.47 bits per heavy atom. The van der Waals surface area contributed by atoms with Crippen LogP contribution >= 0.6 is 0 Å². The van der Waals surface area contributed by atoms with Gasteiger partial charge in [-0.05, 0) is 27.2 Å². The molecule has 0 saturated heterocycles. The Morgan fingerprint density at radius 1 is 0.895 bits per heavy atom. The molecule has 3 unspecified atom stereocenters. The van der Waals surface area contributed by atoms with E-state index >= 15 is 0 Å². The third-order valence-corrected chi connectivity index (χ3v) is 2.96. The first-order chi connectivity index (χ1) is 8.95. The van der Waals surface area contributed by atoms with Crippen molar-refractivity contribution in [1.82, 2.24) is 4.90 Å². The number of rotatable bonds is 12. The summed E-state index contributed by atoms with van der Waals surface area (Å²) in [6.45, 7) is 10.5. The first kappa shape index (κ1) is 18.8. The molecule has 0 radical (unpaired) electrons. The van der Waals surface area contributed by atoms with Crippen LogP contribution in [0.15, 0.2) is 0 Å². The molecule has 0 aromatic carbocycles. The molecule has 0 spiro atoms. The van der Waals surface area contributed by atoms with Gasteiger partial charge in [0, 0.05) is 26.2 Å². The number of ether oxygens (including phenoxy) is 1. The molecule has 0 saturated carbocycles. The van der Waals surface area contributed by atoms with E-state index in [2.05, 4.69) is 18.7 Å². The molecule has 0 aliphatic rings. The van der Waals surface area contributed by atoms with Crippen molar-refractivity contribution in [2.45, 2.75) is 71.7 Å². The topological polar surface area (TPSA) is 52.9 Å². The maximum atomic E-state index is 9.46. The van der Waals surface area contributed by atoms with Crippen LogP contribution in [0, 0.1) is 0 Å². The van der Waals surface area contributed by atoms with Crippen molar-refractivity contribution in [3.63, 3.8) is 0 Å². The Kier molecular flexibility index (Phi) is 11.6. The summed E-state index contributed by atoms with van der Waals surface area (Å²) in [5.41, 5.74) is 0. The van der Waals surface area contributed by atoms with E-state index in [4.69, 9.17) is 4.74 Å². The fourth-order valence-electron chi connectivity index (χ4n) is 2.20. The molecule has 2 N–H and O–H groups in total. The largest absolute Gasteiger partial charge is 0.392 e. The summed E-state index contributed by atoms with van der Waals surface area (Å²) in [5.74, 6) is 0. The monoisotopic (exact) mass is 275 g/mol. The summed E-state index contributed by atoms with van der Waals surface area (Å²) in [4.78, 5) is 2.06. The van der Waals surface area contributed by atoms with Gasteiger partial charge in [-0.15, -0.1) is 0 Å². The van der Waals surface area contributed by atoms with Crippen LogP contribution in [-0.2, 0) is 4.74 Å². The number of nitrogens with zero attached hydrogens (tertiary/aromatic N) is 1. The number of hydrogen-bond acceptors (Lipinski definition) is 4. The van der Waals surface area contributed by atoms with Crippen molar-refractivity contribution < 1.29 is 14.9 Å². The van der Waals surface area contributed by atoms with Crippen LogP contribution in [-0.4, -0.2) is 59.7 Å². The first-order valence-corrected chi connectivity index (χ1v) is 7.65. The maximum absolute atomic E-state index is 9.46. The number of unbranched alkanes of at least 4 members (excludes halogenated alkanes) is 3. The van der Waals surface area contributed by atoms with Gasteiger partial charge in [-0.3, -0.25) is 4.90 Å². The molecule has 3 atom stereocenters. The van der Waals surface area contributed by atoms with Gasteiger partial charge in [-0.1, -0.05) is 26.2 Å². The number of hydrogen-bond donors (Lipinski definition) is 2. The lowest BCUT2D eigenvalue weighted by atomic mass is 10.2. The number of aliphatic hydroxyl groups excluding tert-OH is 2. The lowest BCUT2D eigenvalue weighted by Crippen LogP contribution is -2.41. The molecule has 116 valence electrons. The van der Waals surface area contributed by atoms with Gasteiger partial charge in [-0.2, -0.15) is 0 Å². The minimum atomic E-state index is -0.379. The first-order valence-electron chi connectivity index (χ1n) is 7.65. The zero-order chi connectivity index (χ0) is 14.7. The second-order valence-electron chi connectivity index (χ2n) is 5.66. The van der Waals surface area contributed by atoms with E-state index in [1.54, 1.807) is 13.8 Å². The highest BCUT2D eigenvalue weighted by atomic mass is 16.5. The summed E-state index contributed by atoms with van der Waals surface area (Å²) < 4.78 is 5.78. The zero-order valence-electron chi connectivity index (χ0n) is 13.1. The molecule has 0 heterocycles. The fourth-order valence-corrected chi connectivity index (χ4v) is 2.20. The van der Waals surface area contributed by atoms with E-state index in [9.17, 15) is 10.2 Å². The van der Waals surface area contributed by atoms with Gasteiger partial charge in [0.1, 0.15) is 0 Å². The van der Waals surface area contributed by atoms with Crippen LogP contribution in [0.2, 0.25) is 0 Å². The van der Waals surface area contributed by atoms with Crippen molar-refractivity contribution in [2.24, 2.45) is 0 Å². The van der Waals surface area contributed by atoms with E-state index in [1.165, 1.54) is 19.3 Å². The molecular formula is C15H33NO3. The van der Waals surface area contributed by atoms with Gasteiger partial charge in [0.15, 0.2) is 0 Å². The van der Waals surface area contributed by atoms with Crippen LogP contribution in [0.5, 0.6) is 0 Å². The highest BCUT2D eigenvalue weighted by Gasteiger charge is 2.14. The average molecular weight is 275 g/mol. The van der Waals surface area contributed by atoms with E-state index in [0.29, 0.717) is 13.1 Å². The standard InChI is InChI=1S/C15H33NO3/c1-5-6-7-8-9-19-15(4)12-16(10-13(2)17)11-14(3)18/h13-15,17-18H,5-12H2,1-4H3. The van der Waals surface area contributed by atoms with Crippen molar-refractivity contribution >= 4 is 0 Å². The van der Waals surface area contributed by atoms with Gasteiger partial charge in [0.05, 0.1) is 18.3 Å². The lowest BCUT2D eigenvalue weighted by molar-refractivity contribution is 0.0120. The molecule has 0 amide bonds. The summed E-state index contributed by atoms with van der Waals surface area (Å²) in [6.07, 6.45) is 4.24. The van der Waals surface area contributed by atoms with Crippen molar-refractivity contribution in [3.8, 4) is 0 Å². The van der Waals surface area contributed by atoms with E-state index < -0.39 is 0 Å². The smallest absolute Gasteiger partial charge is 0.0673 e. The van der Waals surface area contributed by atoms with Crippen LogP contribution < -0.4 is 0 Å². The van der Waals surface area contributed by atoms with Gasteiger partial charge >= 0.3 is 0 Å². The molecule has 0 aliphatic heterocycles. The zero-order valence-corrected chi connectivity index (χ0v) is 13.1. The van der Waals surface area contributed by atoms with E-state index in [0.717, 1.165) is 19.6 Å². The Hall–Kier alpha value is -0.160. The molecule has 19 heavy (non-hydrogen) atoms. The highest BCUT2D eigenvalue weighted by molar-refractivity contribution is 4.67. The van der Waals surface area contributed by atoms with Gasteiger partial charge < -0.3 is 14.9 Å². The minimum absolute atomic E-state index is 0.138. The molecule has 0 aromatic rings. The van der Waals surface area contributed by atoms with E-state index in [1.807, 2.05) is 0 Å². The Balaban J connectivity index is 3.84. The van der Waals surface area contributed by atoms with Crippen molar-refractivity contribution in [1.29, 1.82) is 0 Å². The lowest BCUT2D eigenvalue weighted by Gasteiger charge is -2.27. The normalized spacial score (nSPS) is 16.6. The second kappa shape index (κ2) is 11.6. The summed E-state index contributed by atoms with van der Waals surface area (Å²) in [6, 6.07) is 0. The minimum Gasteiger partial charge on any atom is -0.392 e. The molecule has 0 bridgehead atoms. The molecule has 0 rings (SSSR count). The maximum Gasteiger partial charge on any atom is 0.0673 e. The summed E-state index contributed by atoms with van der Waals surface area (Å²) in [7, 11) is 0. The predicted molar refractivity (Wildman–Crippen MR) is 79.4 cm³/mol. The molecular weight excluding hydrogens is 242 g/mol. The third kappa shape index (κ3) is 12.6. The van der Waals surface area contributed by atoms with Crippen LogP contribution in [0.3, 0.4) is 0 Å². The van der Waals surface area contributed by atoms with Crippen molar-refractivity contribution in [2.75, 3.05) is 26.2 Å². The van der Waals surface area contributed by atoms with Crippen LogP contribution in [0.25, 0.3) is 0 Å². The van der Waals surface area contributed by atoms with Gasteiger partial charge in [0.2, 0.25) is 0 Å². The van der Waals surface area contributed by atoms with E-state index in [-0.39, 0.29) is 18.3 Å². The SMILES string of the molecule is CCCCCCOC(C)CN(CC(C)O)CC(C)O. The van der Waals surface area contributed by atoms with Crippen LogP contribution in [0.4, 0.5) is 0 Å². The molecule has 0 aliphatic carbocycles. The average Bonchev–Trinajstić information content (AvgIpc) is 2.26. The number of aliphatic hydroxyl groups is 2. The molecule has 4 heteroatoms. The third-order valence-electron chi connectivity index (χ3n) is 2.96. The predicted octanol–water partition coefficient (Wildman–Crippen LogP) is 2.04.